The van der Waals surface area contributed by atoms with Gasteiger partial charge < -0.3 is 4.90 Å². The molecular formula is C29H29N3O2. The molecule has 5 heteroatoms. The summed E-state index contributed by atoms with van der Waals surface area (Å²) in [6, 6.07) is 22.8. The van der Waals surface area contributed by atoms with Gasteiger partial charge in [-0.15, -0.1) is 0 Å². The van der Waals surface area contributed by atoms with Gasteiger partial charge in [-0.2, -0.15) is 0 Å². The van der Waals surface area contributed by atoms with Gasteiger partial charge >= 0.3 is 6.03 Å². The van der Waals surface area contributed by atoms with Crippen molar-refractivity contribution in [1.29, 1.82) is 0 Å². The monoisotopic (exact) mass is 451 g/mol. The molecule has 0 bridgehead atoms. The molecule has 2 heterocycles. The summed E-state index contributed by atoms with van der Waals surface area (Å²) < 4.78 is 0. The molecule has 172 valence electrons. The topological polar surface area (TPSA) is 43.9 Å². The van der Waals surface area contributed by atoms with Crippen LogP contribution in [0.5, 0.6) is 0 Å². The Morgan fingerprint density at radius 2 is 1.50 bits per heavy atom. The van der Waals surface area contributed by atoms with E-state index in [1.54, 1.807) is 4.90 Å². The van der Waals surface area contributed by atoms with Crippen LogP contribution in [0.2, 0.25) is 0 Å². The van der Waals surface area contributed by atoms with Crippen molar-refractivity contribution in [3.63, 3.8) is 0 Å². The van der Waals surface area contributed by atoms with Crippen LogP contribution in [0.3, 0.4) is 0 Å². The zero-order chi connectivity index (χ0) is 23.1. The SMILES string of the molecule is O=C1CN(CCc2ccc(CN3CCCC3)cc2)C(=O)N1c1ccc2c(c1)Cc1ccccc1-2. The molecule has 0 atom stereocenters. The molecule has 0 spiro atoms. The maximum absolute atomic E-state index is 13.1. The van der Waals surface area contributed by atoms with Gasteiger partial charge in [-0.25, -0.2) is 9.69 Å². The second kappa shape index (κ2) is 8.73. The highest BCUT2D eigenvalue weighted by atomic mass is 16.2. The zero-order valence-corrected chi connectivity index (χ0v) is 19.4. The first-order valence-electron chi connectivity index (χ1n) is 12.3. The van der Waals surface area contributed by atoms with E-state index in [1.165, 1.54) is 64.2 Å². The van der Waals surface area contributed by atoms with E-state index in [9.17, 15) is 9.59 Å². The first-order chi connectivity index (χ1) is 16.7. The standard InChI is InChI=1S/C29H29N3O2/c33-28-20-31(16-13-21-7-9-22(10-8-21)19-30-14-3-4-15-30)29(34)32(28)25-11-12-27-24(18-25)17-23-5-1-2-6-26(23)27/h1-2,5-12,18H,3-4,13-17,19-20H2. The molecule has 2 aliphatic heterocycles. The van der Waals surface area contributed by atoms with Crippen molar-refractivity contribution < 1.29 is 9.59 Å². The molecule has 3 aromatic rings. The van der Waals surface area contributed by atoms with Crippen molar-refractivity contribution >= 4 is 17.6 Å². The molecule has 3 aromatic carbocycles. The highest BCUT2D eigenvalue weighted by Gasteiger charge is 2.37. The molecule has 0 aromatic heterocycles. The van der Waals surface area contributed by atoms with Crippen LogP contribution in [0.1, 0.15) is 35.1 Å². The van der Waals surface area contributed by atoms with Crippen LogP contribution < -0.4 is 4.90 Å². The highest BCUT2D eigenvalue weighted by molar-refractivity contribution is 6.20. The molecule has 2 saturated heterocycles. The molecular weight excluding hydrogens is 422 g/mol. The van der Waals surface area contributed by atoms with E-state index in [0.717, 1.165) is 19.4 Å². The quantitative estimate of drug-likeness (QED) is 0.393. The number of benzene rings is 3. The first-order valence-corrected chi connectivity index (χ1v) is 12.3. The minimum Gasteiger partial charge on any atom is -0.314 e. The summed E-state index contributed by atoms with van der Waals surface area (Å²) in [4.78, 5) is 31.4. The number of hydrogen-bond donors (Lipinski definition) is 0. The lowest BCUT2D eigenvalue weighted by Crippen LogP contribution is -2.34. The lowest BCUT2D eigenvalue weighted by molar-refractivity contribution is -0.116. The van der Waals surface area contributed by atoms with E-state index in [2.05, 4.69) is 47.4 Å². The maximum Gasteiger partial charge on any atom is 0.331 e. The molecule has 0 saturated carbocycles. The van der Waals surface area contributed by atoms with Gasteiger partial charge in [-0.1, -0.05) is 54.6 Å². The van der Waals surface area contributed by atoms with Crippen molar-refractivity contribution in [3.05, 3.63) is 89.0 Å². The number of urea groups is 1. The van der Waals surface area contributed by atoms with Crippen LogP contribution in [-0.4, -0.2) is 47.9 Å². The maximum atomic E-state index is 13.1. The van der Waals surface area contributed by atoms with Crippen LogP contribution in [0.15, 0.2) is 66.7 Å². The Morgan fingerprint density at radius 1 is 0.765 bits per heavy atom. The van der Waals surface area contributed by atoms with Gasteiger partial charge in [0.15, 0.2) is 0 Å². The normalized spacial score (nSPS) is 17.5. The number of rotatable bonds is 6. The van der Waals surface area contributed by atoms with Crippen LogP contribution in [0, 0.1) is 0 Å². The summed E-state index contributed by atoms with van der Waals surface area (Å²) in [6.45, 7) is 4.09. The molecule has 3 aliphatic rings. The summed E-state index contributed by atoms with van der Waals surface area (Å²) in [5.74, 6) is -0.151. The molecule has 34 heavy (non-hydrogen) atoms. The van der Waals surface area contributed by atoms with Gasteiger partial charge in [-0.05, 0) is 84.3 Å². The van der Waals surface area contributed by atoms with Gasteiger partial charge in [0, 0.05) is 13.1 Å². The smallest absolute Gasteiger partial charge is 0.314 e. The van der Waals surface area contributed by atoms with Crippen molar-refractivity contribution in [2.24, 2.45) is 0 Å². The van der Waals surface area contributed by atoms with Crippen molar-refractivity contribution in [1.82, 2.24) is 9.80 Å². The molecule has 0 N–H and O–H groups in total. The molecule has 0 unspecified atom stereocenters. The fourth-order valence-electron chi connectivity index (χ4n) is 5.52. The minimum atomic E-state index is -0.217. The van der Waals surface area contributed by atoms with Gasteiger partial charge in [0.05, 0.1) is 5.69 Å². The van der Waals surface area contributed by atoms with E-state index in [-0.39, 0.29) is 18.5 Å². The van der Waals surface area contributed by atoms with E-state index < -0.39 is 0 Å². The fraction of sp³-hybridized carbons (Fsp3) is 0.310. The Kier molecular flexibility index (Phi) is 5.42. The Labute approximate surface area is 200 Å². The molecule has 2 fully saturated rings. The second-order valence-corrected chi connectivity index (χ2v) is 9.66. The Bertz CT molecular complexity index is 1240. The van der Waals surface area contributed by atoms with Crippen molar-refractivity contribution in [3.8, 4) is 11.1 Å². The molecule has 6 rings (SSSR count). The molecule has 3 amide bonds. The van der Waals surface area contributed by atoms with Crippen LogP contribution in [0.4, 0.5) is 10.5 Å². The second-order valence-electron chi connectivity index (χ2n) is 9.66. The lowest BCUT2D eigenvalue weighted by Gasteiger charge is -2.18. The number of amides is 3. The Hall–Kier alpha value is -3.44. The third-order valence-corrected chi connectivity index (χ3v) is 7.37. The van der Waals surface area contributed by atoms with Crippen LogP contribution in [0.25, 0.3) is 11.1 Å². The minimum absolute atomic E-state index is 0.142. The molecule has 5 nitrogen and oxygen atoms in total. The average molecular weight is 452 g/mol. The van der Waals surface area contributed by atoms with Crippen LogP contribution >= 0.6 is 0 Å². The lowest BCUT2D eigenvalue weighted by atomic mass is 10.1. The molecule has 1 aliphatic carbocycles. The van der Waals surface area contributed by atoms with E-state index in [1.807, 2.05) is 24.3 Å². The first kappa shape index (κ1) is 21.1. The summed E-state index contributed by atoms with van der Waals surface area (Å²) >= 11 is 0. The number of imide groups is 1. The number of nitrogens with zero attached hydrogens (tertiary/aromatic N) is 3. The molecule has 0 radical (unpaired) electrons. The summed E-state index contributed by atoms with van der Waals surface area (Å²) in [5.41, 5.74) is 8.12. The third kappa shape index (κ3) is 3.90. The Balaban J connectivity index is 1.10. The van der Waals surface area contributed by atoms with Gasteiger partial charge in [-0.3, -0.25) is 9.69 Å². The zero-order valence-electron chi connectivity index (χ0n) is 19.4. The summed E-state index contributed by atoms with van der Waals surface area (Å²) in [6.07, 6.45) is 4.19. The summed E-state index contributed by atoms with van der Waals surface area (Å²) in [7, 11) is 0. The number of carbonyl (C=O) groups excluding carboxylic acids is 2. The number of fused-ring (bicyclic) bond motifs is 3. The fourth-order valence-corrected chi connectivity index (χ4v) is 5.52. The van der Waals surface area contributed by atoms with Crippen molar-refractivity contribution in [2.45, 2.75) is 32.2 Å². The number of carbonyl (C=O) groups is 2. The van der Waals surface area contributed by atoms with Gasteiger partial charge in [0.1, 0.15) is 6.54 Å². The summed E-state index contributed by atoms with van der Waals surface area (Å²) in [5, 5.41) is 0. The number of hydrogen-bond acceptors (Lipinski definition) is 3. The number of anilines is 1. The van der Waals surface area contributed by atoms with E-state index in [4.69, 9.17) is 0 Å². The number of likely N-dealkylation sites (tertiary alicyclic amines) is 1. The third-order valence-electron chi connectivity index (χ3n) is 7.37. The predicted molar refractivity (Wildman–Crippen MR) is 134 cm³/mol. The Morgan fingerprint density at radius 3 is 2.32 bits per heavy atom. The van der Waals surface area contributed by atoms with E-state index in [0.29, 0.717) is 12.2 Å². The van der Waals surface area contributed by atoms with Gasteiger partial charge in [0.2, 0.25) is 0 Å². The van der Waals surface area contributed by atoms with Crippen molar-refractivity contribution in [2.75, 3.05) is 31.1 Å². The van der Waals surface area contributed by atoms with Gasteiger partial charge in [0.25, 0.3) is 5.91 Å². The largest absolute Gasteiger partial charge is 0.331 e. The predicted octanol–water partition coefficient (Wildman–Crippen LogP) is 4.86. The van der Waals surface area contributed by atoms with Crippen LogP contribution in [-0.2, 0) is 24.2 Å². The van der Waals surface area contributed by atoms with E-state index >= 15 is 0 Å². The average Bonchev–Trinajstić information content (AvgIpc) is 3.56. The highest BCUT2D eigenvalue weighted by Crippen LogP contribution is 2.38.